The Hall–Kier alpha value is -1.00. The van der Waals surface area contributed by atoms with Crippen molar-refractivity contribution in [1.82, 2.24) is 9.97 Å². The maximum absolute atomic E-state index is 9.76. The molecule has 0 spiro atoms. The van der Waals surface area contributed by atoms with Gasteiger partial charge in [-0.2, -0.15) is 0 Å². The minimum Gasteiger partial charge on any atom is -0.387 e. The lowest BCUT2D eigenvalue weighted by atomic mass is 10.0. The van der Waals surface area contributed by atoms with Crippen molar-refractivity contribution in [3.05, 3.63) is 24.3 Å². The molecule has 0 saturated heterocycles. The van der Waals surface area contributed by atoms with Crippen molar-refractivity contribution in [3.63, 3.8) is 0 Å². The molecule has 4 nitrogen and oxygen atoms in total. The van der Waals surface area contributed by atoms with Crippen LogP contribution in [0.2, 0.25) is 0 Å². The third-order valence-corrected chi connectivity index (χ3v) is 2.00. The molecular weight excluding hydrogens is 180 g/mol. The van der Waals surface area contributed by atoms with Gasteiger partial charge in [0, 0.05) is 26.1 Å². The molecule has 0 aliphatic heterocycles. The lowest BCUT2D eigenvalue weighted by Gasteiger charge is -2.14. The standard InChI is InChI=1S/C10H16N2O2/c1-8(7-14-2)5-10(13)9-6-11-3-4-12-9/h3-4,6,8,10,13H,5,7H2,1-2H3. The summed E-state index contributed by atoms with van der Waals surface area (Å²) in [5, 5.41) is 9.76. The number of aliphatic hydroxyl groups is 1. The lowest BCUT2D eigenvalue weighted by molar-refractivity contribution is 0.0992. The van der Waals surface area contributed by atoms with Crippen LogP contribution in [0.15, 0.2) is 18.6 Å². The van der Waals surface area contributed by atoms with Gasteiger partial charge in [-0.15, -0.1) is 0 Å². The van der Waals surface area contributed by atoms with Crippen LogP contribution in [-0.2, 0) is 4.74 Å². The summed E-state index contributed by atoms with van der Waals surface area (Å²) >= 11 is 0. The first-order valence-corrected chi connectivity index (χ1v) is 4.67. The molecule has 1 aromatic rings. The molecule has 0 radical (unpaired) electrons. The van der Waals surface area contributed by atoms with Crippen LogP contribution in [0.3, 0.4) is 0 Å². The fourth-order valence-electron chi connectivity index (χ4n) is 1.34. The predicted octanol–water partition coefficient (Wildman–Crippen LogP) is 1.18. The summed E-state index contributed by atoms with van der Waals surface area (Å²) in [6.07, 6.45) is 4.86. The van der Waals surface area contributed by atoms with E-state index in [1.807, 2.05) is 6.92 Å². The highest BCUT2D eigenvalue weighted by atomic mass is 16.5. The summed E-state index contributed by atoms with van der Waals surface area (Å²) in [5.41, 5.74) is 0.621. The van der Waals surface area contributed by atoms with Crippen molar-refractivity contribution in [3.8, 4) is 0 Å². The summed E-state index contributed by atoms with van der Waals surface area (Å²) in [6.45, 7) is 2.68. The second-order valence-corrected chi connectivity index (χ2v) is 3.44. The highest BCUT2D eigenvalue weighted by molar-refractivity contribution is 4.98. The fourth-order valence-corrected chi connectivity index (χ4v) is 1.34. The molecule has 1 N–H and O–H groups in total. The van der Waals surface area contributed by atoms with Gasteiger partial charge < -0.3 is 9.84 Å². The van der Waals surface area contributed by atoms with E-state index in [1.165, 1.54) is 0 Å². The summed E-state index contributed by atoms with van der Waals surface area (Å²) in [5.74, 6) is 0.317. The Kier molecular flexibility index (Phi) is 4.49. The number of methoxy groups -OCH3 is 1. The molecule has 0 aliphatic carbocycles. The minimum atomic E-state index is -0.547. The van der Waals surface area contributed by atoms with E-state index in [0.29, 0.717) is 24.6 Å². The summed E-state index contributed by atoms with van der Waals surface area (Å²) in [6, 6.07) is 0. The molecule has 1 heterocycles. The number of aromatic nitrogens is 2. The largest absolute Gasteiger partial charge is 0.387 e. The molecule has 1 aromatic heterocycles. The molecule has 0 bridgehead atoms. The number of aliphatic hydroxyl groups excluding tert-OH is 1. The highest BCUT2D eigenvalue weighted by Crippen LogP contribution is 2.18. The van der Waals surface area contributed by atoms with Crippen LogP contribution >= 0.6 is 0 Å². The first-order valence-electron chi connectivity index (χ1n) is 4.67. The van der Waals surface area contributed by atoms with Crippen molar-refractivity contribution in [2.24, 2.45) is 5.92 Å². The SMILES string of the molecule is COCC(C)CC(O)c1cnccn1. The number of hydrogen-bond donors (Lipinski definition) is 1. The number of nitrogens with zero attached hydrogens (tertiary/aromatic N) is 2. The quantitative estimate of drug-likeness (QED) is 0.768. The van der Waals surface area contributed by atoms with Crippen LogP contribution in [0.5, 0.6) is 0 Å². The average Bonchev–Trinajstić information content (AvgIpc) is 2.19. The topological polar surface area (TPSA) is 55.2 Å². The summed E-state index contributed by atoms with van der Waals surface area (Å²) in [4.78, 5) is 7.94. The molecule has 0 aliphatic rings. The summed E-state index contributed by atoms with van der Waals surface area (Å²) in [7, 11) is 1.66. The first kappa shape index (κ1) is 11.1. The molecule has 0 fully saturated rings. The molecule has 4 heteroatoms. The van der Waals surface area contributed by atoms with Crippen LogP contribution in [0.4, 0.5) is 0 Å². The number of rotatable bonds is 5. The van der Waals surface area contributed by atoms with E-state index in [-0.39, 0.29) is 0 Å². The van der Waals surface area contributed by atoms with Crippen molar-refractivity contribution in [2.45, 2.75) is 19.4 Å². The molecule has 0 amide bonds. The van der Waals surface area contributed by atoms with Crippen LogP contribution in [0.25, 0.3) is 0 Å². The third kappa shape index (κ3) is 3.40. The highest BCUT2D eigenvalue weighted by Gasteiger charge is 2.13. The first-order chi connectivity index (χ1) is 6.74. The molecule has 0 aromatic carbocycles. The second-order valence-electron chi connectivity index (χ2n) is 3.44. The molecule has 78 valence electrons. The Labute approximate surface area is 84.0 Å². The molecule has 0 saturated carbocycles. The van der Waals surface area contributed by atoms with E-state index in [0.717, 1.165) is 0 Å². The van der Waals surface area contributed by atoms with Crippen LogP contribution in [0, 0.1) is 5.92 Å². The van der Waals surface area contributed by atoms with Crippen molar-refractivity contribution in [1.29, 1.82) is 0 Å². The zero-order valence-corrected chi connectivity index (χ0v) is 8.55. The Morgan fingerprint density at radius 2 is 2.29 bits per heavy atom. The van der Waals surface area contributed by atoms with E-state index in [9.17, 15) is 5.11 Å². The van der Waals surface area contributed by atoms with Crippen molar-refractivity contribution < 1.29 is 9.84 Å². The fraction of sp³-hybridized carbons (Fsp3) is 0.600. The molecular formula is C10H16N2O2. The van der Waals surface area contributed by atoms with Crippen molar-refractivity contribution in [2.75, 3.05) is 13.7 Å². The maximum Gasteiger partial charge on any atom is 0.0978 e. The molecule has 2 unspecified atom stereocenters. The third-order valence-electron chi connectivity index (χ3n) is 2.00. The number of ether oxygens (including phenoxy) is 1. The van der Waals surface area contributed by atoms with E-state index in [4.69, 9.17) is 4.74 Å². The van der Waals surface area contributed by atoms with Gasteiger partial charge in [0.1, 0.15) is 0 Å². The van der Waals surface area contributed by atoms with Gasteiger partial charge in [0.2, 0.25) is 0 Å². The Balaban J connectivity index is 2.46. The summed E-state index contributed by atoms with van der Waals surface area (Å²) < 4.78 is 4.99. The van der Waals surface area contributed by atoms with Gasteiger partial charge in [0.15, 0.2) is 0 Å². The van der Waals surface area contributed by atoms with Crippen LogP contribution in [-0.4, -0.2) is 28.8 Å². The van der Waals surface area contributed by atoms with Crippen LogP contribution in [0.1, 0.15) is 25.1 Å². The zero-order chi connectivity index (χ0) is 10.4. The van der Waals surface area contributed by atoms with Gasteiger partial charge >= 0.3 is 0 Å². The van der Waals surface area contributed by atoms with Gasteiger partial charge in [0.05, 0.1) is 18.0 Å². The van der Waals surface area contributed by atoms with E-state index >= 15 is 0 Å². The smallest absolute Gasteiger partial charge is 0.0978 e. The van der Waals surface area contributed by atoms with E-state index < -0.39 is 6.10 Å². The zero-order valence-electron chi connectivity index (χ0n) is 8.55. The van der Waals surface area contributed by atoms with Gasteiger partial charge in [0.25, 0.3) is 0 Å². The molecule has 14 heavy (non-hydrogen) atoms. The lowest BCUT2D eigenvalue weighted by Crippen LogP contribution is -2.10. The van der Waals surface area contributed by atoms with Gasteiger partial charge in [-0.1, -0.05) is 6.92 Å². The van der Waals surface area contributed by atoms with Crippen molar-refractivity contribution >= 4 is 0 Å². The van der Waals surface area contributed by atoms with Gasteiger partial charge in [-0.25, -0.2) is 0 Å². The Morgan fingerprint density at radius 1 is 1.50 bits per heavy atom. The molecule has 1 rings (SSSR count). The second kappa shape index (κ2) is 5.67. The van der Waals surface area contributed by atoms with E-state index in [2.05, 4.69) is 9.97 Å². The Bertz CT molecular complexity index is 254. The normalized spacial score (nSPS) is 15.1. The van der Waals surface area contributed by atoms with Gasteiger partial charge in [-0.05, 0) is 12.3 Å². The van der Waals surface area contributed by atoms with E-state index in [1.54, 1.807) is 25.7 Å². The van der Waals surface area contributed by atoms with Crippen LogP contribution < -0.4 is 0 Å². The number of hydrogen-bond acceptors (Lipinski definition) is 4. The molecule has 2 atom stereocenters. The van der Waals surface area contributed by atoms with Gasteiger partial charge in [-0.3, -0.25) is 9.97 Å². The minimum absolute atomic E-state index is 0.317. The average molecular weight is 196 g/mol. The Morgan fingerprint density at radius 3 is 2.86 bits per heavy atom. The predicted molar refractivity (Wildman–Crippen MR) is 52.6 cm³/mol. The monoisotopic (exact) mass is 196 g/mol. The maximum atomic E-state index is 9.76.